The zero-order chi connectivity index (χ0) is 19.9. The van der Waals surface area contributed by atoms with Crippen molar-refractivity contribution in [3.05, 3.63) is 109 Å². The van der Waals surface area contributed by atoms with Gasteiger partial charge in [-0.3, -0.25) is 0 Å². The Morgan fingerprint density at radius 1 is 0.857 bits per heavy atom. The molecule has 0 spiro atoms. The number of carbonyl (C=O) groups excluding carboxylic acids is 1. The second kappa shape index (κ2) is 8.87. The molecule has 0 bridgehead atoms. The third kappa shape index (κ3) is 4.38. The third-order valence-electron chi connectivity index (χ3n) is 4.37. The molecule has 28 heavy (non-hydrogen) atoms. The number of aromatic hydroxyl groups is 1. The molecule has 3 rings (SSSR count). The van der Waals surface area contributed by atoms with E-state index in [1.54, 1.807) is 42.5 Å². The minimum atomic E-state index is -0.444. The highest BCUT2D eigenvalue weighted by atomic mass is 16.5. The molecule has 3 nitrogen and oxygen atoms in total. The van der Waals surface area contributed by atoms with E-state index in [9.17, 15) is 9.90 Å². The van der Waals surface area contributed by atoms with Gasteiger partial charge in [-0.2, -0.15) is 0 Å². The number of rotatable bonds is 7. The number of phenolic OH excluding ortho intramolecular Hbond substituents is 1. The number of hydrogen-bond acceptors (Lipinski definition) is 3. The highest BCUT2D eigenvalue weighted by Gasteiger charge is 2.16. The van der Waals surface area contributed by atoms with E-state index in [0.717, 1.165) is 11.1 Å². The number of hydrogen-bond donors (Lipinski definition) is 1. The lowest BCUT2D eigenvalue weighted by atomic mass is 9.97. The number of phenols is 1. The molecule has 0 aliphatic carbocycles. The first kappa shape index (κ1) is 19.2. The van der Waals surface area contributed by atoms with Crippen LogP contribution in [0, 0.1) is 0 Å². The molecule has 0 aromatic heterocycles. The fourth-order valence-corrected chi connectivity index (χ4v) is 3.00. The first-order chi connectivity index (χ1) is 13.6. The van der Waals surface area contributed by atoms with Crippen LogP contribution in [0.4, 0.5) is 0 Å². The molecule has 3 heteroatoms. The summed E-state index contributed by atoms with van der Waals surface area (Å²) in [5.74, 6) is 0.0772. The SMILES string of the molecule is C=CCc1ccc(O)c(-c2cc(CC=C)ccc2OC(=O)c2ccccc2)c1. The van der Waals surface area contributed by atoms with Crippen molar-refractivity contribution in [2.45, 2.75) is 12.8 Å². The van der Waals surface area contributed by atoms with E-state index in [-0.39, 0.29) is 5.75 Å². The van der Waals surface area contributed by atoms with Crippen LogP contribution in [0.2, 0.25) is 0 Å². The van der Waals surface area contributed by atoms with Gasteiger partial charge in [0.25, 0.3) is 0 Å². The van der Waals surface area contributed by atoms with Gasteiger partial charge in [0.1, 0.15) is 11.5 Å². The van der Waals surface area contributed by atoms with Crippen LogP contribution in [-0.2, 0) is 12.8 Å². The van der Waals surface area contributed by atoms with Gasteiger partial charge in [-0.25, -0.2) is 4.79 Å². The number of carbonyl (C=O) groups is 1. The van der Waals surface area contributed by atoms with Crippen molar-refractivity contribution in [1.82, 2.24) is 0 Å². The summed E-state index contributed by atoms with van der Waals surface area (Å²) >= 11 is 0. The maximum absolute atomic E-state index is 12.5. The zero-order valence-electron chi connectivity index (χ0n) is 15.6. The van der Waals surface area contributed by atoms with E-state index in [1.807, 2.05) is 36.4 Å². The van der Waals surface area contributed by atoms with Crippen molar-refractivity contribution < 1.29 is 14.6 Å². The molecule has 0 unspecified atom stereocenters. The maximum atomic E-state index is 12.5. The van der Waals surface area contributed by atoms with Crippen molar-refractivity contribution >= 4 is 5.97 Å². The lowest BCUT2D eigenvalue weighted by molar-refractivity contribution is 0.0735. The molecule has 1 N–H and O–H groups in total. The summed E-state index contributed by atoms with van der Waals surface area (Å²) in [7, 11) is 0. The number of esters is 1. The van der Waals surface area contributed by atoms with Crippen LogP contribution in [0.15, 0.2) is 92.0 Å². The van der Waals surface area contributed by atoms with Gasteiger partial charge in [0, 0.05) is 11.1 Å². The second-order valence-corrected chi connectivity index (χ2v) is 6.42. The Labute approximate surface area is 165 Å². The van der Waals surface area contributed by atoms with Crippen molar-refractivity contribution in [2.24, 2.45) is 0 Å². The molecule has 0 aliphatic heterocycles. The van der Waals surface area contributed by atoms with Gasteiger partial charge in [0.2, 0.25) is 0 Å². The lowest BCUT2D eigenvalue weighted by Crippen LogP contribution is -2.09. The van der Waals surface area contributed by atoms with Gasteiger partial charge in [-0.15, -0.1) is 13.2 Å². The highest BCUT2D eigenvalue weighted by Crippen LogP contribution is 2.38. The third-order valence-corrected chi connectivity index (χ3v) is 4.37. The molecule has 140 valence electrons. The van der Waals surface area contributed by atoms with Crippen LogP contribution in [0.5, 0.6) is 11.5 Å². The smallest absolute Gasteiger partial charge is 0.343 e. The Morgan fingerprint density at radius 3 is 2.11 bits per heavy atom. The molecule has 3 aromatic carbocycles. The molecule has 0 saturated heterocycles. The van der Waals surface area contributed by atoms with Crippen LogP contribution in [0.25, 0.3) is 11.1 Å². The van der Waals surface area contributed by atoms with Gasteiger partial charge >= 0.3 is 5.97 Å². The predicted molar refractivity (Wildman–Crippen MR) is 113 cm³/mol. The molecular formula is C25H22O3. The van der Waals surface area contributed by atoms with Gasteiger partial charge in [-0.1, -0.05) is 42.5 Å². The topological polar surface area (TPSA) is 46.5 Å². The second-order valence-electron chi connectivity index (χ2n) is 6.42. The number of allylic oxidation sites excluding steroid dienone is 2. The standard InChI is InChI=1S/C25H22O3/c1-3-8-18-12-14-23(26)21(16-18)22-17-19(9-4-2)13-15-24(22)28-25(27)20-10-6-5-7-11-20/h3-7,10-17,26H,1-2,8-9H2. The maximum Gasteiger partial charge on any atom is 0.343 e. The fraction of sp³-hybridized carbons (Fsp3) is 0.0800. The van der Waals surface area contributed by atoms with Gasteiger partial charge in [0.15, 0.2) is 0 Å². The van der Waals surface area contributed by atoms with Crippen LogP contribution < -0.4 is 4.74 Å². The minimum absolute atomic E-state index is 0.126. The number of benzene rings is 3. The molecule has 0 atom stereocenters. The largest absolute Gasteiger partial charge is 0.507 e. The fourth-order valence-electron chi connectivity index (χ4n) is 3.00. The lowest BCUT2D eigenvalue weighted by Gasteiger charge is -2.14. The summed E-state index contributed by atoms with van der Waals surface area (Å²) in [6.45, 7) is 7.55. The highest BCUT2D eigenvalue weighted by molar-refractivity contribution is 5.92. The van der Waals surface area contributed by atoms with Crippen molar-refractivity contribution in [1.29, 1.82) is 0 Å². The minimum Gasteiger partial charge on any atom is -0.507 e. The van der Waals surface area contributed by atoms with E-state index >= 15 is 0 Å². The zero-order valence-corrected chi connectivity index (χ0v) is 15.6. The van der Waals surface area contributed by atoms with Crippen LogP contribution in [0.3, 0.4) is 0 Å². The molecule has 3 aromatic rings. The summed E-state index contributed by atoms with van der Waals surface area (Å²) in [5.41, 5.74) is 3.76. The van der Waals surface area contributed by atoms with Crippen molar-refractivity contribution in [3.63, 3.8) is 0 Å². The van der Waals surface area contributed by atoms with Crippen molar-refractivity contribution in [3.8, 4) is 22.6 Å². The van der Waals surface area contributed by atoms with E-state index in [2.05, 4.69) is 13.2 Å². The molecule has 0 heterocycles. The van der Waals surface area contributed by atoms with Gasteiger partial charge < -0.3 is 9.84 Å². The predicted octanol–water partition coefficient (Wildman–Crippen LogP) is 5.74. The first-order valence-corrected chi connectivity index (χ1v) is 9.06. The summed E-state index contributed by atoms with van der Waals surface area (Å²) in [6, 6.07) is 19.8. The normalized spacial score (nSPS) is 10.3. The number of ether oxygens (including phenoxy) is 1. The molecule has 0 amide bonds. The Bertz CT molecular complexity index is 1000. The molecule has 0 radical (unpaired) electrons. The van der Waals surface area contributed by atoms with Gasteiger partial charge in [-0.05, 0) is 60.4 Å². The summed E-state index contributed by atoms with van der Waals surface area (Å²) < 4.78 is 5.68. The monoisotopic (exact) mass is 370 g/mol. The van der Waals surface area contributed by atoms with E-state index in [4.69, 9.17) is 4.74 Å². The van der Waals surface area contributed by atoms with E-state index in [1.165, 1.54) is 0 Å². The Morgan fingerprint density at radius 2 is 1.46 bits per heavy atom. The average Bonchev–Trinajstić information content (AvgIpc) is 2.71. The van der Waals surface area contributed by atoms with E-state index < -0.39 is 5.97 Å². The van der Waals surface area contributed by atoms with Crippen molar-refractivity contribution in [2.75, 3.05) is 0 Å². The Hall–Kier alpha value is -3.59. The molecule has 0 aliphatic rings. The quantitative estimate of drug-likeness (QED) is 0.328. The van der Waals surface area contributed by atoms with Gasteiger partial charge in [0.05, 0.1) is 5.56 Å². The van der Waals surface area contributed by atoms with Crippen LogP contribution >= 0.6 is 0 Å². The average molecular weight is 370 g/mol. The molecular weight excluding hydrogens is 348 g/mol. The molecule has 0 fully saturated rings. The van der Waals surface area contributed by atoms with Crippen LogP contribution in [0.1, 0.15) is 21.5 Å². The summed E-state index contributed by atoms with van der Waals surface area (Å²) in [4.78, 5) is 12.5. The Kier molecular flexibility index (Phi) is 6.07. The van der Waals surface area contributed by atoms with E-state index in [0.29, 0.717) is 35.3 Å². The molecule has 0 saturated carbocycles. The Balaban J connectivity index is 2.06. The summed E-state index contributed by atoms with van der Waals surface area (Å²) in [5, 5.41) is 10.5. The first-order valence-electron chi connectivity index (χ1n) is 9.06. The van der Waals surface area contributed by atoms with Crippen LogP contribution in [-0.4, -0.2) is 11.1 Å². The summed E-state index contributed by atoms with van der Waals surface area (Å²) in [6.07, 6.45) is 4.97.